The highest BCUT2D eigenvalue weighted by atomic mass is 79.9. The third-order valence-electron chi connectivity index (χ3n) is 3.12. The second-order valence-electron chi connectivity index (χ2n) is 4.95. The van der Waals surface area contributed by atoms with Crippen LogP contribution in [0.4, 0.5) is 5.69 Å². The van der Waals surface area contributed by atoms with Crippen LogP contribution in [0.2, 0.25) is 0 Å². The first kappa shape index (κ1) is 14.9. The number of nitrogens with zero attached hydrogens (tertiary/aromatic N) is 1. The molecule has 0 radical (unpaired) electrons. The van der Waals surface area contributed by atoms with Crippen molar-refractivity contribution in [2.45, 2.75) is 13.1 Å². The van der Waals surface area contributed by atoms with Gasteiger partial charge >= 0.3 is 0 Å². The number of phenols is 1. The molecule has 0 fully saturated rings. The van der Waals surface area contributed by atoms with Gasteiger partial charge in [0, 0.05) is 32.9 Å². The van der Waals surface area contributed by atoms with Gasteiger partial charge in [-0.05, 0) is 51.3 Å². The van der Waals surface area contributed by atoms with E-state index in [4.69, 9.17) is 0 Å². The standard InChI is InChI=1S/C16H19BrN2O/c1-19(2)14-6-3-12(4-7-14)10-18-11-13-5-8-16(20)15(17)9-13/h3-9,18,20H,10-11H2,1-2H3. The lowest BCUT2D eigenvalue weighted by atomic mass is 10.2. The molecule has 0 aliphatic carbocycles. The fourth-order valence-corrected chi connectivity index (χ4v) is 2.35. The number of benzene rings is 2. The zero-order valence-corrected chi connectivity index (χ0v) is 13.3. The lowest BCUT2D eigenvalue weighted by molar-refractivity contribution is 0.471. The van der Waals surface area contributed by atoms with E-state index in [-0.39, 0.29) is 5.75 Å². The molecule has 2 N–H and O–H groups in total. The van der Waals surface area contributed by atoms with Crippen LogP contribution >= 0.6 is 15.9 Å². The summed E-state index contributed by atoms with van der Waals surface area (Å²) >= 11 is 3.32. The summed E-state index contributed by atoms with van der Waals surface area (Å²) in [4.78, 5) is 2.09. The van der Waals surface area contributed by atoms with Gasteiger partial charge in [-0.15, -0.1) is 0 Å². The van der Waals surface area contributed by atoms with Crippen molar-refractivity contribution in [2.24, 2.45) is 0 Å². The molecule has 0 saturated heterocycles. The summed E-state index contributed by atoms with van der Waals surface area (Å²) in [5.74, 6) is 0.271. The maximum atomic E-state index is 9.45. The van der Waals surface area contributed by atoms with E-state index in [9.17, 15) is 5.11 Å². The van der Waals surface area contributed by atoms with Gasteiger partial charge in [0.15, 0.2) is 0 Å². The molecule has 0 aliphatic heterocycles. The molecule has 2 aromatic rings. The number of hydrogen-bond donors (Lipinski definition) is 2. The van der Waals surface area contributed by atoms with E-state index in [1.807, 2.05) is 26.2 Å². The fraction of sp³-hybridized carbons (Fsp3) is 0.250. The predicted molar refractivity (Wildman–Crippen MR) is 87.1 cm³/mol. The molecule has 0 amide bonds. The van der Waals surface area contributed by atoms with Crippen molar-refractivity contribution >= 4 is 21.6 Å². The SMILES string of the molecule is CN(C)c1ccc(CNCc2ccc(O)c(Br)c2)cc1. The number of rotatable bonds is 5. The first-order chi connectivity index (χ1) is 9.56. The number of hydrogen-bond acceptors (Lipinski definition) is 3. The summed E-state index contributed by atoms with van der Waals surface area (Å²) in [6.07, 6.45) is 0. The van der Waals surface area contributed by atoms with Crippen LogP contribution < -0.4 is 10.2 Å². The summed E-state index contributed by atoms with van der Waals surface area (Å²) in [6.45, 7) is 1.60. The molecule has 0 bridgehead atoms. The van der Waals surface area contributed by atoms with E-state index in [0.29, 0.717) is 0 Å². The first-order valence-electron chi connectivity index (χ1n) is 6.50. The van der Waals surface area contributed by atoms with E-state index < -0.39 is 0 Å². The smallest absolute Gasteiger partial charge is 0.129 e. The van der Waals surface area contributed by atoms with Crippen molar-refractivity contribution in [1.82, 2.24) is 5.32 Å². The molecule has 0 aromatic heterocycles. The Hall–Kier alpha value is -1.52. The topological polar surface area (TPSA) is 35.5 Å². The molecule has 20 heavy (non-hydrogen) atoms. The maximum absolute atomic E-state index is 9.45. The molecule has 0 aliphatic rings. The summed E-state index contributed by atoms with van der Waals surface area (Å²) in [5, 5.41) is 12.8. The Morgan fingerprint density at radius 1 is 1.00 bits per heavy atom. The normalized spacial score (nSPS) is 10.6. The van der Waals surface area contributed by atoms with Gasteiger partial charge in [0.1, 0.15) is 5.75 Å². The molecule has 0 saturated carbocycles. The van der Waals surface area contributed by atoms with Crippen molar-refractivity contribution in [3.8, 4) is 5.75 Å². The van der Waals surface area contributed by atoms with E-state index in [1.54, 1.807) is 6.07 Å². The zero-order valence-electron chi connectivity index (χ0n) is 11.7. The van der Waals surface area contributed by atoms with Crippen molar-refractivity contribution in [3.63, 3.8) is 0 Å². The molecule has 3 nitrogen and oxygen atoms in total. The third kappa shape index (κ3) is 3.99. The van der Waals surface area contributed by atoms with Crippen LogP contribution in [0.3, 0.4) is 0 Å². The molecule has 0 heterocycles. The predicted octanol–water partition coefficient (Wildman–Crippen LogP) is 3.51. The minimum Gasteiger partial charge on any atom is -0.507 e. The van der Waals surface area contributed by atoms with Crippen LogP contribution in [0.5, 0.6) is 5.75 Å². The monoisotopic (exact) mass is 334 g/mol. The van der Waals surface area contributed by atoms with Crippen LogP contribution in [0, 0.1) is 0 Å². The van der Waals surface area contributed by atoms with Crippen LogP contribution in [0.15, 0.2) is 46.9 Å². The highest BCUT2D eigenvalue weighted by Gasteiger charge is 2.00. The Bertz CT molecular complexity index is 567. The molecular weight excluding hydrogens is 316 g/mol. The Labute approximate surface area is 128 Å². The second-order valence-corrected chi connectivity index (χ2v) is 5.80. The molecule has 2 rings (SSSR count). The van der Waals surface area contributed by atoms with Crippen molar-refractivity contribution in [2.75, 3.05) is 19.0 Å². The van der Waals surface area contributed by atoms with Crippen LogP contribution in [-0.2, 0) is 13.1 Å². The molecule has 0 spiro atoms. The Morgan fingerprint density at radius 2 is 1.60 bits per heavy atom. The molecular formula is C16H19BrN2O. The zero-order chi connectivity index (χ0) is 14.5. The molecule has 0 atom stereocenters. The van der Waals surface area contributed by atoms with Crippen molar-refractivity contribution < 1.29 is 5.11 Å². The Kier molecular flexibility index (Phi) is 5.04. The summed E-state index contributed by atoms with van der Waals surface area (Å²) in [6, 6.07) is 14.1. The van der Waals surface area contributed by atoms with E-state index in [2.05, 4.69) is 50.4 Å². The average molecular weight is 335 g/mol. The largest absolute Gasteiger partial charge is 0.507 e. The fourth-order valence-electron chi connectivity index (χ4n) is 1.92. The Morgan fingerprint density at radius 3 is 2.20 bits per heavy atom. The van der Waals surface area contributed by atoms with Gasteiger partial charge in [-0.25, -0.2) is 0 Å². The van der Waals surface area contributed by atoms with Gasteiger partial charge in [0.05, 0.1) is 4.47 Å². The number of phenolic OH excluding ortho intramolecular Hbond substituents is 1. The number of halogens is 1. The van der Waals surface area contributed by atoms with E-state index in [0.717, 1.165) is 23.1 Å². The van der Waals surface area contributed by atoms with Gasteiger partial charge in [0.2, 0.25) is 0 Å². The maximum Gasteiger partial charge on any atom is 0.129 e. The summed E-state index contributed by atoms with van der Waals surface area (Å²) in [5.41, 5.74) is 3.60. The van der Waals surface area contributed by atoms with Gasteiger partial charge in [-0.3, -0.25) is 0 Å². The van der Waals surface area contributed by atoms with E-state index in [1.165, 1.54) is 11.3 Å². The summed E-state index contributed by atoms with van der Waals surface area (Å²) in [7, 11) is 4.08. The number of aromatic hydroxyl groups is 1. The third-order valence-corrected chi connectivity index (χ3v) is 3.76. The number of nitrogens with one attached hydrogen (secondary N) is 1. The Balaban J connectivity index is 1.87. The quantitative estimate of drug-likeness (QED) is 0.878. The van der Waals surface area contributed by atoms with Crippen LogP contribution in [0.1, 0.15) is 11.1 Å². The molecule has 106 valence electrons. The minimum absolute atomic E-state index is 0.271. The highest BCUT2D eigenvalue weighted by molar-refractivity contribution is 9.10. The van der Waals surface area contributed by atoms with Gasteiger partial charge in [0.25, 0.3) is 0 Å². The molecule has 0 unspecified atom stereocenters. The van der Waals surface area contributed by atoms with Gasteiger partial charge < -0.3 is 15.3 Å². The minimum atomic E-state index is 0.271. The van der Waals surface area contributed by atoms with Crippen molar-refractivity contribution in [1.29, 1.82) is 0 Å². The van der Waals surface area contributed by atoms with Gasteiger partial charge in [-0.2, -0.15) is 0 Å². The molecule has 4 heteroatoms. The molecule has 2 aromatic carbocycles. The van der Waals surface area contributed by atoms with Crippen molar-refractivity contribution in [3.05, 3.63) is 58.1 Å². The lowest BCUT2D eigenvalue weighted by Crippen LogP contribution is -2.13. The second kappa shape index (κ2) is 6.77. The van der Waals surface area contributed by atoms with E-state index >= 15 is 0 Å². The van der Waals surface area contributed by atoms with Crippen LogP contribution in [0.25, 0.3) is 0 Å². The van der Waals surface area contributed by atoms with Gasteiger partial charge in [-0.1, -0.05) is 18.2 Å². The van der Waals surface area contributed by atoms with Crippen LogP contribution in [-0.4, -0.2) is 19.2 Å². The number of anilines is 1. The highest BCUT2D eigenvalue weighted by Crippen LogP contribution is 2.24. The first-order valence-corrected chi connectivity index (χ1v) is 7.30. The average Bonchev–Trinajstić information content (AvgIpc) is 2.43. The lowest BCUT2D eigenvalue weighted by Gasteiger charge is -2.13. The summed E-state index contributed by atoms with van der Waals surface area (Å²) < 4.78 is 0.729.